The molecule has 2 aromatic rings. The highest BCUT2D eigenvalue weighted by Gasteiger charge is 2.21. The van der Waals surface area contributed by atoms with Gasteiger partial charge in [-0.05, 0) is 47.7 Å². The first kappa shape index (κ1) is 14.6. The lowest BCUT2D eigenvalue weighted by Crippen LogP contribution is -2.09. The smallest absolute Gasteiger partial charge is 0.0972 e. The second-order valence-corrected chi connectivity index (χ2v) is 5.90. The summed E-state index contributed by atoms with van der Waals surface area (Å²) >= 11 is 4.82. The number of halogens is 1. The first-order valence-electron chi connectivity index (χ1n) is 6.29. The molecule has 0 saturated carbocycles. The lowest BCUT2D eigenvalue weighted by atomic mass is 10.1. The Morgan fingerprint density at radius 1 is 1.42 bits per heavy atom. The predicted molar refractivity (Wildman–Crippen MR) is 78.3 cm³/mol. The third-order valence-electron chi connectivity index (χ3n) is 3.06. The van der Waals surface area contributed by atoms with Crippen molar-refractivity contribution in [3.8, 4) is 0 Å². The number of nitrogens with zero attached hydrogens (tertiary/aromatic N) is 4. The summed E-state index contributed by atoms with van der Waals surface area (Å²) < 4.78 is 6.82. The normalized spacial score (nSPS) is 12.9. The van der Waals surface area contributed by atoms with Crippen LogP contribution in [0.3, 0.4) is 0 Å². The van der Waals surface area contributed by atoms with E-state index in [2.05, 4.69) is 30.6 Å². The Morgan fingerprint density at radius 2 is 2.16 bits per heavy atom. The van der Waals surface area contributed by atoms with Crippen LogP contribution in [0.15, 0.2) is 4.47 Å². The summed E-state index contributed by atoms with van der Waals surface area (Å²) in [7, 11) is 0. The Morgan fingerprint density at radius 3 is 2.79 bits per heavy atom. The van der Waals surface area contributed by atoms with E-state index < -0.39 is 6.10 Å². The van der Waals surface area contributed by atoms with Crippen molar-refractivity contribution in [2.45, 2.75) is 46.3 Å². The molecule has 7 heteroatoms. The minimum absolute atomic E-state index is 0.520. The largest absolute Gasteiger partial charge is 0.387 e. The predicted octanol–water partition coefficient (Wildman–Crippen LogP) is 2.66. The molecule has 1 atom stereocenters. The van der Waals surface area contributed by atoms with Crippen LogP contribution in [0.2, 0.25) is 0 Å². The van der Waals surface area contributed by atoms with Gasteiger partial charge in [0.05, 0.1) is 32.5 Å². The molecule has 104 valence electrons. The number of aliphatic hydroxyl groups excluding tert-OH is 1. The molecule has 2 rings (SSSR count). The van der Waals surface area contributed by atoms with Gasteiger partial charge in [-0.25, -0.2) is 0 Å². The van der Waals surface area contributed by atoms with E-state index in [1.165, 1.54) is 11.5 Å². The van der Waals surface area contributed by atoms with E-state index in [1.54, 1.807) is 0 Å². The molecule has 0 bridgehead atoms. The molecular formula is C12H17BrN4OS. The highest BCUT2D eigenvalue weighted by atomic mass is 79.9. The molecule has 0 radical (unpaired) electrons. The topological polar surface area (TPSA) is 63.8 Å². The van der Waals surface area contributed by atoms with Gasteiger partial charge >= 0.3 is 0 Å². The molecule has 1 N–H and O–H groups in total. The fraction of sp³-hybridized carbons (Fsp3) is 0.583. The Kier molecular flexibility index (Phi) is 4.70. The maximum atomic E-state index is 10.4. The van der Waals surface area contributed by atoms with E-state index in [-0.39, 0.29) is 0 Å². The molecule has 0 aliphatic heterocycles. The van der Waals surface area contributed by atoms with Gasteiger partial charge in [0.25, 0.3) is 0 Å². The van der Waals surface area contributed by atoms with Gasteiger partial charge in [-0.1, -0.05) is 11.4 Å². The lowest BCUT2D eigenvalue weighted by molar-refractivity contribution is 0.177. The van der Waals surface area contributed by atoms with Gasteiger partial charge in [-0.3, -0.25) is 4.68 Å². The molecule has 0 amide bonds. The zero-order chi connectivity index (χ0) is 14.0. The van der Waals surface area contributed by atoms with Crippen LogP contribution in [-0.2, 0) is 19.4 Å². The summed E-state index contributed by atoms with van der Waals surface area (Å²) in [4.78, 5) is 0.857. The van der Waals surface area contributed by atoms with Gasteiger partial charge in [0, 0.05) is 13.0 Å². The quantitative estimate of drug-likeness (QED) is 0.905. The Balaban J connectivity index is 2.26. The van der Waals surface area contributed by atoms with E-state index in [0.717, 1.165) is 39.4 Å². The first-order chi connectivity index (χ1) is 9.08. The molecule has 0 aliphatic carbocycles. The van der Waals surface area contributed by atoms with Crippen molar-refractivity contribution in [2.24, 2.45) is 0 Å². The Labute approximate surface area is 125 Å². The van der Waals surface area contributed by atoms with Crippen LogP contribution in [-0.4, -0.2) is 24.5 Å². The third-order valence-corrected chi connectivity index (χ3v) is 4.96. The Hall–Kier alpha value is -0.790. The SMILES string of the molecule is CCc1nnsc1C(O)Cc1c(Br)c(C)nn1CC. The fourth-order valence-electron chi connectivity index (χ4n) is 2.05. The van der Waals surface area contributed by atoms with Crippen LogP contribution in [0.5, 0.6) is 0 Å². The van der Waals surface area contributed by atoms with Crippen molar-refractivity contribution in [3.05, 3.63) is 26.4 Å². The fourth-order valence-corrected chi connectivity index (χ4v) is 3.22. The van der Waals surface area contributed by atoms with E-state index >= 15 is 0 Å². The van der Waals surface area contributed by atoms with Gasteiger partial charge in [0.2, 0.25) is 0 Å². The molecule has 1 unspecified atom stereocenters. The molecule has 0 aromatic carbocycles. The van der Waals surface area contributed by atoms with E-state index in [1.807, 2.05) is 25.5 Å². The maximum Gasteiger partial charge on any atom is 0.0972 e. The van der Waals surface area contributed by atoms with Gasteiger partial charge < -0.3 is 5.11 Å². The van der Waals surface area contributed by atoms with Crippen molar-refractivity contribution in [1.29, 1.82) is 0 Å². The average Bonchev–Trinajstić information content (AvgIpc) is 2.98. The summed E-state index contributed by atoms with van der Waals surface area (Å²) in [6.45, 7) is 6.80. The highest BCUT2D eigenvalue weighted by Crippen LogP contribution is 2.29. The monoisotopic (exact) mass is 344 g/mol. The summed E-state index contributed by atoms with van der Waals surface area (Å²) in [5, 5.41) is 18.9. The van der Waals surface area contributed by atoms with Gasteiger partial charge in [0.1, 0.15) is 0 Å². The molecule has 0 saturated heterocycles. The second kappa shape index (κ2) is 6.11. The van der Waals surface area contributed by atoms with Crippen LogP contribution in [0, 0.1) is 6.92 Å². The Bertz CT molecular complexity index is 566. The van der Waals surface area contributed by atoms with E-state index in [9.17, 15) is 5.11 Å². The number of hydrogen-bond donors (Lipinski definition) is 1. The van der Waals surface area contributed by atoms with Crippen LogP contribution in [0.4, 0.5) is 0 Å². The van der Waals surface area contributed by atoms with Crippen LogP contribution in [0.1, 0.15) is 41.9 Å². The van der Waals surface area contributed by atoms with E-state index in [0.29, 0.717) is 6.42 Å². The van der Waals surface area contributed by atoms with Crippen molar-refractivity contribution in [1.82, 2.24) is 19.4 Å². The summed E-state index contributed by atoms with van der Waals surface area (Å²) in [5.74, 6) is 0. The molecule has 0 spiro atoms. The van der Waals surface area contributed by atoms with Crippen molar-refractivity contribution < 1.29 is 5.11 Å². The molecule has 2 aromatic heterocycles. The minimum atomic E-state index is -0.576. The van der Waals surface area contributed by atoms with E-state index in [4.69, 9.17) is 0 Å². The molecule has 2 heterocycles. The van der Waals surface area contributed by atoms with Gasteiger partial charge in [0.15, 0.2) is 0 Å². The zero-order valence-corrected chi connectivity index (χ0v) is 13.6. The lowest BCUT2D eigenvalue weighted by Gasteiger charge is -2.11. The highest BCUT2D eigenvalue weighted by molar-refractivity contribution is 9.10. The third kappa shape index (κ3) is 2.88. The van der Waals surface area contributed by atoms with Gasteiger partial charge in [-0.2, -0.15) is 5.10 Å². The number of aryl methyl sites for hydroxylation is 3. The molecule has 0 aliphatic rings. The molecule has 5 nitrogen and oxygen atoms in total. The molecule has 0 fully saturated rings. The summed E-state index contributed by atoms with van der Waals surface area (Å²) in [6, 6.07) is 0. The van der Waals surface area contributed by atoms with Crippen molar-refractivity contribution in [3.63, 3.8) is 0 Å². The van der Waals surface area contributed by atoms with Crippen LogP contribution < -0.4 is 0 Å². The average molecular weight is 345 g/mol. The van der Waals surface area contributed by atoms with Crippen molar-refractivity contribution >= 4 is 27.5 Å². The number of aromatic nitrogens is 4. The maximum absolute atomic E-state index is 10.4. The number of aliphatic hydroxyl groups is 1. The zero-order valence-electron chi connectivity index (χ0n) is 11.2. The van der Waals surface area contributed by atoms with Crippen molar-refractivity contribution in [2.75, 3.05) is 0 Å². The summed E-state index contributed by atoms with van der Waals surface area (Å²) in [6.07, 6.45) is 0.732. The van der Waals surface area contributed by atoms with Crippen LogP contribution >= 0.6 is 27.5 Å². The summed E-state index contributed by atoms with van der Waals surface area (Å²) in [5.41, 5.74) is 2.85. The molecular weight excluding hydrogens is 328 g/mol. The second-order valence-electron chi connectivity index (χ2n) is 4.32. The number of hydrogen-bond acceptors (Lipinski definition) is 5. The standard InChI is InChI=1S/C12H17BrN4OS/c1-4-8-12(19-16-14-8)10(18)6-9-11(13)7(3)15-17(9)5-2/h10,18H,4-6H2,1-3H3. The first-order valence-corrected chi connectivity index (χ1v) is 7.86. The minimum Gasteiger partial charge on any atom is -0.387 e. The number of rotatable bonds is 5. The van der Waals surface area contributed by atoms with Gasteiger partial charge in [-0.15, -0.1) is 5.10 Å². The molecule has 19 heavy (non-hydrogen) atoms. The van der Waals surface area contributed by atoms with Crippen LogP contribution in [0.25, 0.3) is 0 Å².